The molecule has 0 aromatic heterocycles. The van der Waals surface area contributed by atoms with E-state index in [1.807, 2.05) is 0 Å². The number of carboxylic acid groups (broad SMARTS) is 1. The minimum Gasteiger partial charge on any atom is -0.478 e. The average Bonchev–Trinajstić information content (AvgIpc) is 2.39. The fourth-order valence-electron chi connectivity index (χ4n) is 1.84. The first kappa shape index (κ1) is 15.4. The number of halogens is 3. The van der Waals surface area contributed by atoms with E-state index in [1.54, 1.807) is 13.0 Å². The summed E-state index contributed by atoms with van der Waals surface area (Å²) in [7, 11) is 0. The Morgan fingerprint density at radius 2 is 1.71 bits per heavy atom. The molecule has 0 bridgehead atoms. The molecule has 2 aromatic carbocycles. The van der Waals surface area contributed by atoms with Gasteiger partial charge in [0.15, 0.2) is 5.82 Å². The van der Waals surface area contributed by atoms with Crippen LogP contribution in [-0.4, -0.2) is 11.1 Å². The highest BCUT2D eigenvalue weighted by Gasteiger charge is 2.13. The molecule has 0 aliphatic rings. The van der Waals surface area contributed by atoms with Crippen LogP contribution >= 0.6 is 23.2 Å². The number of aromatic carboxylic acids is 1. The van der Waals surface area contributed by atoms with Crippen molar-refractivity contribution < 1.29 is 14.3 Å². The molecule has 0 amide bonds. The first-order valence-corrected chi connectivity index (χ1v) is 6.60. The van der Waals surface area contributed by atoms with Gasteiger partial charge in [-0.25, -0.2) is 9.18 Å². The lowest BCUT2D eigenvalue weighted by atomic mass is 10.1. The monoisotopic (exact) mass is 328 g/mol. The number of nitrogen functional groups attached to an aromatic ring is 1. The van der Waals surface area contributed by atoms with Gasteiger partial charge >= 0.3 is 5.97 Å². The zero-order valence-electron chi connectivity index (χ0n) is 10.9. The van der Waals surface area contributed by atoms with E-state index in [1.165, 1.54) is 18.2 Å². The van der Waals surface area contributed by atoms with Crippen LogP contribution < -0.4 is 11.1 Å². The number of carbonyl (C=O) groups is 1. The van der Waals surface area contributed by atoms with Gasteiger partial charge in [-0.1, -0.05) is 23.2 Å². The van der Waals surface area contributed by atoms with E-state index in [-0.39, 0.29) is 21.3 Å². The molecule has 0 aliphatic carbocycles. The highest BCUT2D eigenvalue weighted by atomic mass is 35.5. The number of aryl methyl sites for hydroxylation is 1. The number of benzene rings is 2. The summed E-state index contributed by atoms with van der Waals surface area (Å²) in [6, 6.07) is 5.77. The SMILES string of the molecule is Cc1cc(Nc2cc(Cl)c(F)c(Cl)c2)cc(C(=O)O)c1N. The number of nitrogens with one attached hydrogen (secondary N) is 1. The molecule has 0 atom stereocenters. The summed E-state index contributed by atoms with van der Waals surface area (Å²) in [5.41, 5.74) is 7.42. The molecule has 0 unspecified atom stereocenters. The van der Waals surface area contributed by atoms with E-state index in [2.05, 4.69) is 5.32 Å². The molecule has 4 nitrogen and oxygen atoms in total. The standard InChI is InChI=1S/C14H11Cl2FN2O2/c1-6-2-7(3-9(13(6)18)14(20)21)19-8-4-10(15)12(17)11(16)5-8/h2-5,19H,18H2,1H3,(H,20,21). The van der Waals surface area contributed by atoms with Gasteiger partial charge in [0.2, 0.25) is 0 Å². The zero-order valence-corrected chi connectivity index (χ0v) is 12.4. The Kier molecular flexibility index (Phi) is 4.25. The maximum atomic E-state index is 13.4. The zero-order chi connectivity index (χ0) is 15.7. The van der Waals surface area contributed by atoms with Gasteiger partial charge in [0.1, 0.15) is 0 Å². The van der Waals surface area contributed by atoms with Crippen molar-refractivity contribution in [3.63, 3.8) is 0 Å². The molecule has 21 heavy (non-hydrogen) atoms. The molecular formula is C14H11Cl2FN2O2. The summed E-state index contributed by atoms with van der Waals surface area (Å²) in [5, 5.41) is 11.8. The Morgan fingerprint density at radius 1 is 1.19 bits per heavy atom. The molecule has 0 aliphatic heterocycles. The minimum atomic E-state index is -1.13. The van der Waals surface area contributed by atoms with Crippen LogP contribution in [0.3, 0.4) is 0 Å². The van der Waals surface area contributed by atoms with Crippen molar-refractivity contribution in [2.45, 2.75) is 6.92 Å². The van der Waals surface area contributed by atoms with E-state index in [0.29, 0.717) is 16.9 Å². The van der Waals surface area contributed by atoms with Gasteiger partial charge in [0.25, 0.3) is 0 Å². The summed E-state index contributed by atoms with van der Waals surface area (Å²) in [6.45, 7) is 1.69. The summed E-state index contributed by atoms with van der Waals surface area (Å²) in [6.07, 6.45) is 0. The first-order valence-electron chi connectivity index (χ1n) is 5.84. The molecule has 0 heterocycles. The summed E-state index contributed by atoms with van der Waals surface area (Å²) in [4.78, 5) is 11.1. The summed E-state index contributed by atoms with van der Waals surface area (Å²) >= 11 is 11.4. The van der Waals surface area contributed by atoms with Crippen LogP contribution in [0, 0.1) is 12.7 Å². The normalized spacial score (nSPS) is 10.5. The summed E-state index contributed by atoms with van der Waals surface area (Å²) in [5.74, 6) is -1.84. The third-order valence-corrected chi connectivity index (χ3v) is 3.44. The fourth-order valence-corrected chi connectivity index (χ4v) is 2.33. The Labute approximate surface area is 130 Å². The lowest BCUT2D eigenvalue weighted by Crippen LogP contribution is -2.05. The lowest BCUT2D eigenvalue weighted by Gasteiger charge is -2.12. The summed E-state index contributed by atoms with van der Waals surface area (Å²) < 4.78 is 13.4. The minimum absolute atomic E-state index is 0.0168. The molecule has 0 saturated heterocycles. The third kappa shape index (κ3) is 3.20. The molecular weight excluding hydrogens is 318 g/mol. The highest BCUT2D eigenvalue weighted by Crippen LogP contribution is 2.30. The fraction of sp³-hybridized carbons (Fsp3) is 0.0714. The molecule has 4 N–H and O–H groups in total. The van der Waals surface area contributed by atoms with E-state index < -0.39 is 11.8 Å². The van der Waals surface area contributed by atoms with Gasteiger partial charge in [-0.3, -0.25) is 0 Å². The van der Waals surface area contributed by atoms with Gasteiger partial charge < -0.3 is 16.2 Å². The van der Waals surface area contributed by atoms with Crippen molar-refractivity contribution in [1.29, 1.82) is 0 Å². The smallest absolute Gasteiger partial charge is 0.337 e. The number of nitrogens with two attached hydrogens (primary N) is 1. The van der Waals surface area contributed by atoms with Crippen LogP contribution in [0.25, 0.3) is 0 Å². The van der Waals surface area contributed by atoms with E-state index >= 15 is 0 Å². The van der Waals surface area contributed by atoms with E-state index in [9.17, 15) is 9.18 Å². The van der Waals surface area contributed by atoms with Gasteiger partial charge in [-0.2, -0.15) is 0 Å². The van der Waals surface area contributed by atoms with Crippen LogP contribution in [0.1, 0.15) is 15.9 Å². The van der Waals surface area contributed by atoms with Gasteiger partial charge in [0.05, 0.1) is 15.6 Å². The number of carboxylic acids is 1. The molecule has 0 spiro atoms. The second-order valence-corrected chi connectivity index (χ2v) is 5.25. The second kappa shape index (κ2) is 5.79. The van der Waals surface area contributed by atoms with Gasteiger partial charge in [-0.05, 0) is 36.8 Å². The molecule has 0 saturated carbocycles. The predicted octanol–water partition coefficient (Wildman–Crippen LogP) is 4.46. The van der Waals surface area contributed by atoms with Crippen molar-refractivity contribution >= 4 is 46.2 Å². The molecule has 0 fully saturated rings. The Hall–Kier alpha value is -1.98. The van der Waals surface area contributed by atoms with Crippen molar-refractivity contribution in [3.8, 4) is 0 Å². The maximum Gasteiger partial charge on any atom is 0.337 e. The molecule has 110 valence electrons. The molecule has 2 rings (SSSR count). The second-order valence-electron chi connectivity index (χ2n) is 4.44. The topological polar surface area (TPSA) is 75.3 Å². The van der Waals surface area contributed by atoms with Crippen molar-refractivity contribution in [2.24, 2.45) is 0 Å². The first-order chi connectivity index (χ1) is 9.79. The Morgan fingerprint density at radius 3 is 2.24 bits per heavy atom. The Bertz CT molecular complexity index is 712. The van der Waals surface area contributed by atoms with Crippen LogP contribution in [0.4, 0.5) is 21.5 Å². The largest absolute Gasteiger partial charge is 0.478 e. The molecule has 7 heteroatoms. The Balaban J connectivity index is 2.43. The average molecular weight is 329 g/mol. The highest BCUT2D eigenvalue weighted by molar-refractivity contribution is 6.35. The maximum absolute atomic E-state index is 13.4. The lowest BCUT2D eigenvalue weighted by molar-refractivity contribution is 0.0698. The van der Waals surface area contributed by atoms with Crippen LogP contribution in [-0.2, 0) is 0 Å². The van der Waals surface area contributed by atoms with Crippen LogP contribution in [0.15, 0.2) is 24.3 Å². The van der Waals surface area contributed by atoms with Gasteiger partial charge in [0, 0.05) is 17.1 Å². The third-order valence-electron chi connectivity index (χ3n) is 2.89. The molecule has 0 radical (unpaired) electrons. The number of hydrogen-bond acceptors (Lipinski definition) is 3. The predicted molar refractivity (Wildman–Crippen MR) is 82.3 cm³/mol. The quantitative estimate of drug-likeness (QED) is 0.574. The van der Waals surface area contributed by atoms with Crippen LogP contribution in [0.5, 0.6) is 0 Å². The van der Waals surface area contributed by atoms with Crippen molar-refractivity contribution in [2.75, 3.05) is 11.1 Å². The number of anilines is 3. The van der Waals surface area contributed by atoms with Gasteiger partial charge in [-0.15, -0.1) is 0 Å². The van der Waals surface area contributed by atoms with Crippen molar-refractivity contribution in [1.82, 2.24) is 0 Å². The van der Waals surface area contributed by atoms with E-state index in [4.69, 9.17) is 34.0 Å². The van der Waals surface area contributed by atoms with Crippen molar-refractivity contribution in [3.05, 3.63) is 51.3 Å². The van der Waals surface area contributed by atoms with Crippen LogP contribution in [0.2, 0.25) is 10.0 Å². The van der Waals surface area contributed by atoms with E-state index in [0.717, 1.165) is 0 Å². The number of rotatable bonds is 3. The number of hydrogen-bond donors (Lipinski definition) is 3. The molecule has 2 aromatic rings.